The van der Waals surface area contributed by atoms with Crippen molar-refractivity contribution < 1.29 is 8.78 Å². The van der Waals surface area contributed by atoms with Crippen LogP contribution in [0.4, 0.5) is 8.78 Å². The van der Waals surface area contributed by atoms with E-state index in [1.807, 2.05) is 0 Å². The van der Waals surface area contributed by atoms with Gasteiger partial charge in [-0.3, -0.25) is 4.98 Å². The largest absolute Gasteiger partial charge is 0.281 e. The molecule has 0 N–H and O–H groups in total. The Morgan fingerprint density at radius 2 is 2.00 bits per heavy atom. The molecule has 5 heteroatoms. The number of hydrogen-bond acceptors (Lipinski definition) is 2. The summed E-state index contributed by atoms with van der Waals surface area (Å²) in [6, 6.07) is 5.59. The lowest BCUT2D eigenvalue weighted by atomic mass is 10.4. The topological polar surface area (TPSA) is 30.7 Å². The minimum Gasteiger partial charge on any atom is -0.265 e. The van der Waals surface area contributed by atoms with Crippen LogP contribution in [0.5, 0.6) is 0 Å². The van der Waals surface area contributed by atoms with Crippen molar-refractivity contribution in [3.63, 3.8) is 0 Å². The summed E-state index contributed by atoms with van der Waals surface area (Å²) in [5.74, 6) is 0. The Bertz CT molecular complexity index is 411. The van der Waals surface area contributed by atoms with E-state index in [0.29, 0.717) is 5.69 Å². The van der Waals surface area contributed by atoms with Crippen LogP contribution < -0.4 is 0 Å². The van der Waals surface area contributed by atoms with Crippen molar-refractivity contribution in [2.75, 3.05) is 0 Å². The molecule has 0 amide bonds. The summed E-state index contributed by atoms with van der Waals surface area (Å²) in [4.78, 5) is 3.79. The van der Waals surface area contributed by atoms with Gasteiger partial charge in [-0.1, -0.05) is 0 Å². The molecule has 0 unspecified atom stereocenters. The molecule has 2 aromatic rings. The SMILES string of the molecule is FC(F)c1[c]cnn1-c1ccncc1. The van der Waals surface area contributed by atoms with Crippen molar-refractivity contribution in [3.8, 4) is 5.69 Å². The maximum Gasteiger partial charge on any atom is 0.281 e. The van der Waals surface area contributed by atoms with Gasteiger partial charge in [-0.05, 0) is 12.1 Å². The highest BCUT2D eigenvalue weighted by atomic mass is 19.3. The fraction of sp³-hybridized carbons (Fsp3) is 0.111. The highest BCUT2D eigenvalue weighted by Crippen LogP contribution is 2.20. The zero-order valence-corrected chi connectivity index (χ0v) is 7.06. The second kappa shape index (κ2) is 3.53. The summed E-state index contributed by atoms with van der Waals surface area (Å²) in [5.41, 5.74) is 0.313. The Labute approximate surface area is 79.0 Å². The van der Waals surface area contributed by atoms with Crippen molar-refractivity contribution in [1.82, 2.24) is 14.8 Å². The third-order valence-corrected chi connectivity index (χ3v) is 1.73. The second-order valence-corrected chi connectivity index (χ2v) is 2.59. The zero-order chi connectivity index (χ0) is 9.97. The molecule has 2 aromatic heterocycles. The molecule has 0 aliphatic carbocycles. The summed E-state index contributed by atoms with van der Waals surface area (Å²) in [6.45, 7) is 0. The lowest BCUT2D eigenvalue weighted by Gasteiger charge is -2.04. The molecule has 1 radical (unpaired) electrons. The van der Waals surface area contributed by atoms with Crippen LogP contribution in [0.2, 0.25) is 0 Å². The first-order valence-corrected chi connectivity index (χ1v) is 3.93. The quantitative estimate of drug-likeness (QED) is 0.732. The summed E-state index contributed by atoms with van der Waals surface area (Å²) in [7, 11) is 0. The summed E-state index contributed by atoms with van der Waals surface area (Å²) in [5, 5.41) is 3.76. The first-order valence-electron chi connectivity index (χ1n) is 3.93. The molecule has 0 spiro atoms. The lowest BCUT2D eigenvalue weighted by molar-refractivity contribution is 0.142. The predicted octanol–water partition coefficient (Wildman–Crippen LogP) is 2.01. The van der Waals surface area contributed by atoms with Crippen molar-refractivity contribution >= 4 is 0 Å². The van der Waals surface area contributed by atoms with Gasteiger partial charge in [0.2, 0.25) is 0 Å². The summed E-state index contributed by atoms with van der Waals surface area (Å²) >= 11 is 0. The van der Waals surface area contributed by atoms with Crippen LogP contribution in [0.1, 0.15) is 12.1 Å². The van der Waals surface area contributed by atoms with E-state index in [0.717, 1.165) is 4.68 Å². The molecule has 0 aromatic carbocycles. The van der Waals surface area contributed by atoms with E-state index < -0.39 is 6.43 Å². The third-order valence-electron chi connectivity index (χ3n) is 1.73. The van der Waals surface area contributed by atoms with E-state index in [4.69, 9.17) is 0 Å². The number of aromatic nitrogens is 3. The molecule has 0 aliphatic heterocycles. The molecule has 3 nitrogen and oxygen atoms in total. The van der Waals surface area contributed by atoms with Crippen LogP contribution in [0.3, 0.4) is 0 Å². The van der Waals surface area contributed by atoms with Gasteiger partial charge >= 0.3 is 0 Å². The van der Waals surface area contributed by atoms with Gasteiger partial charge in [0.25, 0.3) is 6.43 Å². The molecule has 0 saturated heterocycles. The third kappa shape index (κ3) is 1.48. The van der Waals surface area contributed by atoms with Gasteiger partial charge in [0.15, 0.2) is 0 Å². The Balaban J connectivity index is 2.47. The molecule has 0 atom stereocenters. The Morgan fingerprint density at radius 3 is 2.64 bits per heavy atom. The van der Waals surface area contributed by atoms with Crippen LogP contribution in [-0.2, 0) is 0 Å². The fourth-order valence-corrected chi connectivity index (χ4v) is 1.12. The molecule has 0 saturated carbocycles. The first kappa shape index (κ1) is 8.80. The monoisotopic (exact) mass is 194 g/mol. The maximum absolute atomic E-state index is 12.4. The zero-order valence-electron chi connectivity index (χ0n) is 7.06. The fourth-order valence-electron chi connectivity index (χ4n) is 1.12. The number of rotatable bonds is 2. The van der Waals surface area contributed by atoms with Crippen LogP contribution in [0.15, 0.2) is 30.7 Å². The normalized spacial score (nSPS) is 10.8. The minimum absolute atomic E-state index is 0.240. The van der Waals surface area contributed by atoms with E-state index in [-0.39, 0.29) is 5.69 Å². The Hall–Kier alpha value is -1.78. The average Bonchev–Trinajstić information content (AvgIpc) is 2.67. The van der Waals surface area contributed by atoms with Crippen LogP contribution in [0, 0.1) is 6.07 Å². The molecule has 0 aliphatic rings. The van der Waals surface area contributed by atoms with Crippen LogP contribution >= 0.6 is 0 Å². The predicted molar refractivity (Wildman–Crippen MR) is 45.2 cm³/mol. The number of hydrogen-bond donors (Lipinski definition) is 0. The number of alkyl halides is 2. The molecular formula is C9H6F2N3. The second-order valence-electron chi connectivity index (χ2n) is 2.59. The Morgan fingerprint density at radius 1 is 1.29 bits per heavy atom. The van der Waals surface area contributed by atoms with E-state index in [2.05, 4.69) is 16.1 Å². The van der Waals surface area contributed by atoms with E-state index in [1.54, 1.807) is 12.1 Å². The van der Waals surface area contributed by atoms with Crippen molar-refractivity contribution in [2.24, 2.45) is 0 Å². The molecule has 14 heavy (non-hydrogen) atoms. The maximum atomic E-state index is 12.4. The van der Waals surface area contributed by atoms with Crippen molar-refractivity contribution in [1.29, 1.82) is 0 Å². The standard InChI is InChI=1S/C9H6F2N3/c10-9(11)8-3-6-13-14(8)7-1-4-12-5-2-7/h1-2,4-6,9H. The van der Waals surface area contributed by atoms with E-state index in [1.165, 1.54) is 18.6 Å². The van der Waals surface area contributed by atoms with Gasteiger partial charge in [-0.15, -0.1) is 0 Å². The summed E-state index contributed by atoms with van der Waals surface area (Å²) < 4.78 is 26.0. The van der Waals surface area contributed by atoms with Gasteiger partial charge in [0.05, 0.1) is 11.9 Å². The van der Waals surface area contributed by atoms with Gasteiger partial charge in [-0.2, -0.15) is 5.10 Å². The molecule has 2 rings (SSSR count). The van der Waals surface area contributed by atoms with Crippen molar-refractivity contribution in [2.45, 2.75) is 6.43 Å². The average molecular weight is 194 g/mol. The number of halogens is 2. The van der Waals surface area contributed by atoms with Gasteiger partial charge in [0, 0.05) is 18.5 Å². The molecule has 71 valence electrons. The van der Waals surface area contributed by atoms with Crippen molar-refractivity contribution in [3.05, 3.63) is 42.5 Å². The van der Waals surface area contributed by atoms with Gasteiger partial charge < -0.3 is 0 Å². The highest BCUT2D eigenvalue weighted by molar-refractivity contribution is 5.29. The van der Waals surface area contributed by atoms with Crippen LogP contribution in [0.25, 0.3) is 5.69 Å². The highest BCUT2D eigenvalue weighted by Gasteiger charge is 2.14. The molecule has 0 fully saturated rings. The summed E-state index contributed by atoms with van der Waals surface area (Å²) in [6.07, 6.45) is 1.69. The smallest absolute Gasteiger partial charge is 0.265 e. The number of pyridine rings is 1. The van der Waals surface area contributed by atoms with Gasteiger partial charge in [-0.25, -0.2) is 13.5 Å². The minimum atomic E-state index is -2.58. The Kier molecular flexibility index (Phi) is 2.22. The first-order chi connectivity index (χ1) is 6.79. The number of nitrogens with zero attached hydrogens (tertiary/aromatic N) is 3. The van der Waals surface area contributed by atoms with E-state index >= 15 is 0 Å². The molecule has 2 heterocycles. The van der Waals surface area contributed by atoms with Crippen LogP contribution in [-0.4, -0.2) is 14.8 Å². The van der Waals surface area contributed by atoms with Gasteiger partial charge in [0.1, 0.15) is 5.69 Å². The lowest BCUT2D eigenvalue weighted by Crippen LogP contribution is -2.02. The molecular weight excluding hydrogens is 188 g/mol. The van der Waals surface area contributed by atoms with E-state index in [9.17, 15) is 8.78 Å². The molecule has 0 bridgehead atoms.